The molecule has 0 bridgehead atoms. The van der Waals surface area contributed by atoms with Gasteiger partial charge in [-0.3, -0.25) is 4.99 Å². The van der Waals surface area contributed by atoms with Crippen molar-refractivity contribution in [1.82, 2.24) is 0 Å². The molecule has 2 rings (SSSR count). The molecule has 0 aromatic heterocycles. The lowest BCUT2D eigenvalue weighted by molar-refractivity contribution is -0.138. The average Bonchev–Trinajstić information content (AvgIpc) is 2.59. The van der Waals surface area contributed by atoms with Gasteiger partial charge in [0.05, 0.1) is 5.71 Å². The second-order valence-corrected chi connectivity index (χ2v) is 5.81. The molecule has 0 aliphatic rings. The number of carboxylic acid groups (broad SMARTS) is 1. The van der Waals surface area contributed by atoms with Gasteiger partial charge in [0, 0.05) is 11.1 Å². The van der Waals surface area contributed by atoms with E-state index in [1.54, 1.807) is 0 Å². The number of benzene rings is 2. The van der Waals surface area contributed by atoms with Crippen LogP contribution in [0.15, 0.2) is 65.7 Å². The van der Waals surface area contributed by atoms with Crippen molar-refractivity contribution in [3.63, 3.8) is 0 Å². The van der Waals surface area contributed by atoms with Crippen LogP contribution in [0.4, 0.5) is 0 Å². The van der Waals surface area contributed by atoms with E-state index in [9.17, 15) is 9.90 Å². The van der Waals surface area contributed by atoms with Crippen LogP contribution in [0.5, 0.6) is 0 Å². The second kappa shape index (κ2) is 8.28. The largest absolute Gasteiger partial charge is 0.480 e. The van der Waals surface area contributed by atoms with Crippen molar-refractivity contribution in [2.24, 2.45) is 10.9 Å². The number of carbonyl (C=O) groups is 1. The Kier molecular flexibility index (Phi) is 6.10. The summed E-state index contributed by atoms with van der Waals surface area (Å²) < 4.78 is 0. The fourth-order valence-electron chi connectivity index (χ4n) is 2.42. The van der Waals surface area contributed by atoms with Crippen LogP contribution in [0.2, 0.25) is 0 Å². The first kappa shape index (κ1) is 16.9. The molecule has 0 saturated heterocycles. The van der Waals surface area contributed by atoms with Crippen LogP contribution in [0.25, 0.3) is 0 Å². The molecular formula is C20H23NO2. The van der Waals surface area contributed by atoms with E-state index in [1.165, 1.54) is 0 Å². The van der Waals surface area contributed by atoms with Crippen LogP contribution in [0.1, 0.15) is 37.8 Å². The van der Waals surface area contributed by atoms with E-state index >= 15 is 0 Å². The molecule has 0 spiro atoms. The van der Waals surface area contributed by atoms with Gasteiger partial charge in [-0.15, -0.1) is 0 Å². The summed E-state index contributed by atoms with van der Waals surface area (Å²) >= 11 is 0. The summed E-state index contributed by atoms with van der Waals surface area (Å²) in [7, 11) is 0. The number of hydrogen-bond acceptors (Lipinski definition) is 2. The predicted molar refractivity (Wildman–Crippen MR) is 94.0 cm³/mol. The van der Waals surface area contributed by atoms with Crippen molar-refractivity contribution >= 4 is 11.7 Å². The third-order valence-electron chi connectivity index (χ3n) is 3.99. The zero-order valence-corrected chi connectivity index (χ0v) is 13.6. The monoisotopic (exact) mass is 309 g/mol. The van der Waals surface area contributed by atoms with Crippen LogP contribution >= 0.6 is 0 Å². The Labute approximate surface area is 137 Å². The van der Waals surface area contributed by atoms with Gasteiger partial charge in [-0.25, -0.2) is 4.79 Å². The molecule has 2 aromatic rings. The lowest BCUT2D eigenvalue weighted by Crippen LogP contribution is -2.23. The Morgan fingerprint density at radius 3 is 1.87 bits per heavy atom. The Morgan fingerprint density at radius 1 is 1.00 bits per heavy atom. The molecule has 0 heterocycles. The lowest BCUT2D eigenvalue weighted by atomic mass is 9.98. The van der Waals surface area contributed by atoms with E-state index in [0.717, 1.165) is 23.3 Å². The van der Waals surface area contributed by atoms with Gasteiger partial charge in [0.1, 0.15) is 6.04 Å². The summed E-state index contributed by atoms with van der Waals surface area (Å²) in [5.41, 5.74) is 2.62. The molecule has 0 aliphatic carbocycles. The molecule has 120 valence electrons. The van der Waals surface area contributed by atoms with Gasteiger partial charge < -0.3 is 5.11 Å². The van der Waals surface area contributed by atoms with Crippen LogP contribution in [0.3, 0.4) is 0 Å². The van der Waals surface area contributed by atoms with E-state index in [1.807, 2.05) is 60.7 Å². The standard InChI is InChI=1S/C20H23NO2/c1-3-15(2)14-18(20(22)23)21-19(16-10-6-4-7-11-16)17-12-8-5-9-13-17/h4-13,15,18H,3,14H2,1-2H3,(H,22,23). The highest BCUT2D eigenvalue weighted by molar-refractivity contribution is 6.13. The maximum Gasteiger partial charge on any atom is 0.328 e. The maximum absolute atomic E-state index is 11.6. The van der Waals surface area contributed by atoms with Gasteiger partial charge in [0.2, 0.25) is 0 Å². The summed E-state index contributed by atoms with van der Waals surface area (Å²) in [6.45, 7) is 4.14. The predicted octanol–water partition coefficient (Wildman–Crippen LogP) is 4.41. The number of nitrogens with zero attached hydrogens (tertiary/aromatic N) is 1. The Bertz CT molecular complexity index is 608. The Balaban J connectivity index is 2.45. The minimum absolute atomic E-state index is 0.327. The summed E-state index contributed by atoms with van der Waals surface area (Å²) in [6, 6.07) is 18.8. The minimum Gasteiger partial charge on any atom is -0.480 e. The van der Waals surface area contributed by atoms with Gasteiger partial charge in [0.25, 0.3) is 0 Å². The number of aliphatic carboxylic acids is 1. The van der Waals surface area contributed by atoms with Gasteiger partial charge >= 0.3 is 5.97 Å². The Morgan fingerprint density at radius 2 is 1.48 bits per heavy atom. The van der Waals surface area contributed by atoms with Gasteiger partial charge in [-0.05, 0) is 12.3 Å². The zero-order valence-electron chi connectivity index (χ0n) is 13.6. The summed E-state index contributed by atoms with van der Waals surface area (Å²) in [6.07, 6.45) is 1.50. The minimum atomic E-state index is -0.866. The number of hydrogen-bond donors (Lipinski definition) is 1. The first-order valence-electron chi connectivity index (χ1n) is 8.03. The first-order valence-corrected chi connectivity index (χ1v) is 8.03. The van der Waals surface area contributed by atoms with Crippen LogP contribution < -0.4 is 0 Å². The highest BCUT2D eigenvalue weighted by atomic mass is 16.4. The smallest absolute Gasteiger partial charge is 0.328 e. The van der Waals surface area contributed by atoms with E-state index in [0.29, 0.717) is 12.3 Å². The average molecular weight is 309 g/mol. The molecule has 23 heavy (non-hydrogen) atoms. The fourth-order valence-corrected chi connectivity index (χ4v) is 2.42. The van der Waals surface area contributed by atoms with Crippen LogP contribution in [-0.2, 0) is 4.79 Å². The van der Waals surface area contributed by atoms with Gasteiger partial charge in [0.15, 0.2) is 0 Å². The van der Waals surface area contributed by atoms with Crippen molar-refractivity contribution in [2.75, 3.05) is 0 Å². The molecule has 0 radical (unpaired) electrons. The van der Waals surface area contributed by atoms with Crippen molar-refractivity contribution < 1.29 is 9.90 Å². The molecule has 0 fully saturated rings. The quantitative estimate of drug-likeness (QED) is 0.770. The van der Waals surface area contributed by atoms with Crippen molar-refractivity contribution in [1.29, 1.82) is 0 Å². The molecule has 0 aliphatic heterocycles. The SMILES string of the molecule is CCC(C)CC(N=C(c1ccccc1)c1ccccc1)C(=O)O. The first-order chi connectivity index (χ1) is 11.1. The third-order valence-corrected chi connectivity index (χ3v) is 3.99. The van der Waals surface area contributed by atoms with E-state index in [-0.39, 0.29) is 0 Å². The van der Waals surface area contributed by atoms with E-state index in [4.69, 9.17) is 0 Å². The van der Waals surface area contributed by atoms with E-state index < -0.39 is 12.0 Å². The molecule has 2 unspecified atom stereocenters. The fraction of sp³-hybridized carbons (Fsp3) is 0.300. The molecule has 0 saturated carbocycles. The lowest BCUT2D eigenvalue weighted by Gasteiger charge is -2.15. The molecule has 0 amide bonds. The summed E-state index contributed by atoms with van der Waals surface area (Å²) in [5, 5.41) is 9.55. The Hall–Kier alpha value is -2.42. The maximum atomic E-state index is 11.6. The number of aliphatic imine (C=N–C) groups is 1. The topological polar surface area (TPSA) is 49.7 Å². The highest BCUT2D eigenvalue weighted by Crippen LogP contribution is 2.17. The molecule has 3 heteroatoms. The zero-order chi connectivity index (χ0) is 16.7. The normalized spacial score (nSPS) is 13.1. The van der Waals surface area contributed by atoms with Crippen LogP contribution in [-0.4, -0.2) is 22.8 Å². The molecular weight excluding hydrogens is 286 g/mol. The van der Waals surface area contributed by atoms with Crippen LogP contribution in [0, 0.1) is 5.92 Å². The molecule has 3 nitrogen and oxygen atoms in total. The van der Waals surface area contributed by atoms with Crippen molar-refractivity contribution in [3.8, 4) is 0 Å². The molecule has 2 atom stereocenters. The highest BCUT2D eigenvalue weighted by Gasteiger charge is 2.20. The van der Waals surface area contributed by atoms with Gasteiger partial charge in [-0.1, -0.05) is 80.9 Å². The third kappa shape index (κ3) is 4.78. The number of carboxylic acids is 1. The van der Waals surface area contributed by atoms with Gasteiger partial charge in [-0.2, -0.15) is 0 Å². The van der Waals surface area contributed by atoms with E-state index in [2.05, 4.69) is 18.8 Å². The van der Waals surface area contributed by atoms with Crippen molar-refractivity contribution in [2.45, 2.75) is 32.7 Å². The summed E-state index contributed by atoms with van der Waals surface area (Å²) in [4.78, 5) is 16.3. The summed E-state index contributed by atoms with van der Waals surface area (Å²) in [5.74, 6) is -0.540. The number of rotatable bonds is 7. The van der Waals surface area contributed by atoms with Crippen molar-refractivity contribution in [3.05, 3.63) is 71.8 Å². The molecule has 1 N–H and O–H groups in total. The second-order valence-electron chi connectivity index (χ2n) is 5.81. The molecule has 2 aromatic carbocycles.